The molecule has 0 saturated heterocycles. The Labute approximate surface area is 121 Å². The van der Waals surface area contributed by atoms with Gasteiger partial charge in [0.2, 0.25) is 5.28 Å². The van der Waals surface area contributed by atoms with Crippen LogP contribution < -0.4 is 0 Å². The van der Waals surface area contributed by atoms with Crippen LogP contribution in [0, 0.1) is 5.41 Å². The molecule has 0 spiro atoms. The van der Waals surface area contributed by atoms with Crippen LogP contribution in [0.2, 0.25) is 10.4 Å². The molecule has 1 aromatic heterocycles. The predicted molar refractivity (Wildman–Crippen MR) is 70.0 cm³/mol. The average Bonchev–Trinajstić information content (AvgIpc) is 2.33. The average molecular weight is 305 g/mol. The Morgan fingerprint density at radius 3 is 2.79 bits per heavy atom. The topological polar surface area (TPSA) is 61.3 Å². The molecule has 5 nitrogen and oxygen atoms in total. The molecular weight excluding hydrogens is 291 g/mol. The van der Waals surface area contributed by atoms with Gasteiger partial charge in [0.05, 0.1) is 25.2 Å². The molecule has 0 amide bonds. The van der Waals surface area contributed by atoms with Crippen molar-refractivity contribution < 1.29 is 14.3 Å². The van der Waals surface area contributed by atoms with Gasteiger partial charge < -0.3 is 9.47 Å². The lowest BCUT2D eigenvalue weighted by atomic mass is 9.68. The van der Waals surface area contributed by atoms with Crippen molar-refractivity contribution in [2.75, 3.05) is 7.11 Å². The van der Waals surface area contributed by atoms with Gasteiger partial charge in [-0.15, -0.1) is 0 Å². The number of ether oxygens (including phenoxy) is 2. The third-order valence-corrected chi connectivity index (χ3v) is 3.80. The van der Waals surface area contributed by atoms with E-state index in [2.05, 4.69) is 9.97 Å². The molecule has 104 valence electrons. The molecule has 0 unspecified atom stereocenters. The van der Waals surface area contributed by atoms with Crippen LogP contribution in [0.1, 0.15) is 25.3 Å². The summed E-state index contributed by atoms with van der Waals surface area (Å²) >= 11 is 11.5. The van der Waals surface area contributed by atoms with E-state index in [9.17, 15) is 4.79 Å². The van der Waals surface area contributed by atoms with Crippen LogP contribution in [0.5, 0.6) is 0 Å². The summed E-state index contributed by atoms with van der Waals surface area (Å²) in [4.78, 5) is 19.2. The third kappa shape index (κ3) is 3.16. The van der Waals surface area contributed by atoms with E-state index in [0.717, 1.165) is 0 Å². The van der Waals surface area contributed by atoms with Crippen molar-refractivity contribution >= 4 is 29.2 Å². The Morgan fingerprint density at radius 1 is 1.53 bits per heavy atom. The lowest BCUT2D eigenvalue weighted by Crippen LogP contribution is -2.46. The van der Waals surface area contributed by atoms with Crippen molar-refractivity contribution in [3.05, 3.63) is 22.2 Å². The summed E-state index contributed by atoms with van der Waals surface area (Å²) in [7, 11) is 1.40. The molecule has 1 fully saturated rings. The standard InChI is InChI=1S/C12H14Cl2N2O3/c1-12(10(17)18-2)3-8(4-12)19-6-7-5-15-11(14)16-9(7)13/h5,8H,3-4,6H2,1-2H3. The molecule has 7 heteroatoms. The van der Waals surface area contributed by atoms with E-state index in [0.29, 0.717) is 25.0 Å². The lowest BCUT2D eigenvalue weighted by Gasteiger charge is -2.42. The normalized spacial score (nSPS) is 25.8. The van der Waals surface area contributed by atoms with Gasteiger partial charge in [-0.05, 0) is 31.4 Å². The minimum Gasteiger partial charge on any atom is -0.469 e. The Bertz CT molecular complexity index is 490. The molecule has 0 aromatic carbocycles. The number of methoxy groups -OCH3 is 1. The minimum atomic E-state index is -0.431. The van der Waals surface area contributed by atoms with Crippen molar-refractivity contribution in [2.24, 2.45) is 5.41 Å². The number of esters is 1. The molecule has 0 aliphatic heterocycles. The Kier molecular flexibility index (Phi) is 4.28. The van der Waals surface area contributed by atoms with Crippen molar-refractivity contribution in [1.82, 2.24) is 9.97 Å². The fourth-order valence-corrected chi connectivity index (χ4v) is 2.51. The van der Waals surface area contributed by atoms with Crippen molar-refractivity contribution in [1.29, 1.82) is 0 Å². The van der Waals surface area contributed by atoms with Crippen molar-refractivity contribution in [2.45, 2.75) is 32.5 Å². The molecule has 1 saturated carbocycles. The Balaban J connectivity index is 1.84. The molecule has 1 aromatic rings. The zero-order valence-corrected chi connectivity index (χ0v) is 12.2. The van der Waals surface area contributed by atoms with Crippen LogP contribution in [0.15, 0.2) is 6.20 Å². The summed E-state index contributed by atoms with van der Waals surface area (Å²) in [5, 5.41) is 0.394. The maximum atomic E-state index is 11.5. The number of carbonyl (C=O) groups excluding carboxylic acids is 1. The van der Waals surface area contributed by atoms with E-state index in [1.165, 1.54) is 13.3 Å². The van der Waals surface area contributed by atoms with E-state index in [1.807, 2.05) is 6.92 Å². The highest BCUT2D eigenvalue weighted by Crippen LogP contribution is 2.43. The molecule has 0 N–H and O–H groups in total. The summed E-state index contributed by atoms with van der Waals surface area (Å²) in [6.45, 7) is 2.18. The maximum Gasteiger partial charge on any atom is 0.311 e. The first kappa shape index (κ1) is 14.5. The SMILES string of the molecule is COC(=O)C1(C)CC(OCc2cnc(Cl)nc2Cl)C1. The van der Waals surface area contributed by atoms with Gasteiger partial charge in [0.15, 0.2) is 0 Å². The molecule has 1 aliphatic carbocycles. The monoisotopic (exact) mass is 304 g/mol. The minimum absolute atomic E-state index is 0.0239. The van der Waals surface area contributed by atoms with Crippen molar-refractivity contribution in [3.8, 4) is 0 Å². The van der Waals surface area contributed by atoms with E-state index in [-0.39, 0.29) is 22.5 Å². The van der Waals surface area contributed by atoms with E-state index in [1.54, 1.807) is 0 Å². The highest BCUT2D eigenvalue weighted by atomic mass is 35.5. The van der Waals surface area contributed by atoms with Gasteiger partial charge in [-0.1, -0.05) is 11.6 Å². The highest BCUT2D eigenvalue weighted by molar-refractivity contribution is 6.32. The fraction of sp³-hybridized carbons (Fsp3) is 0.583. The van der Waals surface area contributed by atoms with Gasteiger partial charge in [0.1, 0.15) is 5.15 Å². The zero-order valence-electron chi connectivity index (χ0n) is 10.7. The Morgan fingerprint density at radius 2 is 2.21 bits per heavy atom. The maximum absolute atomic E-state index is 11.5. The van der Waals surface area contributed by atoms with Crippen LogP contribution in [-0.2, 0) is 20.9 Å². The van der Waals surface area contributed by atoms with Crippen LogP contribution in [0.3, 0.4) is 0 Å². The van der Waals surface area contributed by atoms with Gasteiger partial charge in [0.25, 0.3) is 0 Å². The van der Waals surface area contributed by atoms with Gasteiger partial charge in [-0.25, -0.2) is 9.97 Å². The third-order valence-electron chi connectivity index (χ3n) is 3.29. The molecule has 19 heavy (non-hydrogen) atoms. The van der Waals surface area contributed by atoms with Crippen molar-refractivity contribution in [3.63, 3.8) is 0 Å². The number of aromatic nitrogens is 2. The summed E-state index contributed by atoms with van der Waals surface area (Å²) in [5.41, 5.74) is 0.248. The first-order valence-electron chi connectivity index (χ1n) is 5.81. The molecule has 2 rings (SSSR count). The molecule has 0 atom stereocenters. The van der Waals surface area contributed by atoms with Gasteiger partial charge >= 0.3 is 5.97 Å². The second-order valence-electron chi connectivity index (χ2n) is 4.85. The van der Waals surface area contributed by atoms with E-state index >= 15 is 0 Å². The number of nitrogens with zero attached hydrogens (tertiary/aromatic N) is 2. The second kappa shape index (κ2) is 5.61. The van der Waals surface area contributed by atoms with E-state index < -0.39 is 5.41 Å². The first-order valence-corrected chi connectivity index (χ1v) is 6.57. The molecule has 1 aliphatic rings. The summed E-state index contributed by atoms with van der Waals surface area (Å²) < 4.78 is 10.4. The van der Waals surface area contributed by atoms with Crippen LogP contribution >= 0.6 is 23.2 Å². The second-order valence-corrected chi connectivity index (χ2v) is 5.54. The predicted octanol–water partition coefficient (Wildman–Crippen LogP) is 2.64. The number of hydrogen-bond donors (Lipinski definition) is 0. The molecular formula is C12H14Cl2N2O3. The Hall–Kier alpha value is -0.910. The summed E-state index contributed by atoms with van der Waals surface area (Å²) in [6.07, 6.45) is 2.85. The number of rotatable bonds is 4. The zero-order chi connectivity index (χ0) is 14.0. The largest absolute Gasteiger partial charge is 0.469 e. The van der Waals surface area contributed by atoms with Crippen LogP contribution in [0.4, 0.5) is 0 Å². The van der Waals surface area contributed by atoms with Gasteiger partial charge in [-0.3, -0.25) is 4.79 Å². The fourth-order valence-electron chi connectivity index (χ4n) is 2.15. The summed E-state index contributed by atoms with van der Waals surface area (Å²) in [5.74, 6) is -0.194. The number of carbonyl (C=O) groups is 1. The van der Waals surface area contributed by atoms with Crippen LogP contribution in [-0.4, -0.2) is 29.2 Å². The smallest absolute Gasteiger partial charge is 0.311 e. The molecule has 1 heterocycles. The van der Waals surface area contributed by atoms with Gasteiger partial charge in [0, 0.05) is 11.8 Å². The number of halogens is 2. The number of hydrogen-bond acceptors (Lipinski definition) is 5. The first-order chi connectivity index (χ1) is 8.94. The van der Waals surface area contributed by atoms with Crippen LogP contribution in [0.25, 0.3) is 0 Å². The van der Waals surface area contributed by atoms with E-state index in [4.69, 9.17) is 32.7 Å². The van der Waals surface area contributed by atoms with Gasteiger partial charge in [-0.2, -0.15) is 0 Å². The lowest BCUT2D eigenvalue weighted by molar-refractivity contribution is -0.169. The quantitative estimate of drug-likeness (QED) is 0.486. The molecule has 0 radical (unpaired) electrons. The summed E-state index contributed by atoms with van der Waals surface area (Å²) in [6, 6.07) is 0. The molecule has 0 bridgehead atoms. The highest BCUT2D eigenvalue weighted by Gasteiger charge is 2.47.